The molecule has 1 heterocycles. The third kappa shape index (κ3) is 2.65. The van der Waals surface area contributed by atoms with Crippen LogP contribution in [0.1, 0.15) is 21.6 Å². The highest BCUT2D eigenvalue weighted by Crippen LogP contribution is 2.21. The van der Waals surface area contributed by atoms with Crippen molar-refractivity contribution in [3.05, 3.63) is 46.9 Å². The Morgan fingerprint density at radius 3 is 2.67 bits per heavy atom. The third-order valence-corrected chi connectivity index (χ3v) is 3.14. The summed E-state index contributed by atoms with van der Waals surface area (Å²) in [6, 6.07) is 5.75. The molecule has 0 unspecified atom stereocenters. The van der Waals surface area contributed by atoms with Gasteiger partial charge in [0.1, 0.15) is 23.0 Å². The molecule has 2 N–H and O–H groups in total. The van der Waals surface area contributed by atoms with Crippen LogP contribution in [-0.2, 0) is 11.3 Å². The number of nitrogens with zero attached hydrogens (tertiary/aromatic N) is 1. The van der Waals surface area contributed by atoms with Gasteiger partial charge in [0, 0.05) is 0 Å². The summed E-state index contributed by atoms with van der Waals surface area (Å²) < 4.78 is 21.8. The molecule has 0 saturated carbocycles. The zero-order chi connectivity index (χ0) is 13.1. The molecule has 0 radical (unpaired) electrons. The molecule has 4 nitrogen and oxygen atoms in total. The average molecular weight is 266 g/mol. The molecule has 18 heavy (non-hydrogen) atoms. The van der Waals surface area contributed by atoms with E-state index in [-0.39, 0.29) is 12.4 Å². The first kappa shape index (κ1) is 12.5. The SMILES string of the molecule is Cc1nsc(N)c1C(=O)OCc1ccc(F)cc1. The molecule has 0 atom stereocenters. The second kappa shape index (κ2) is 5.14. The zero-order valence-corrected chi connectivity index (χ0v) is 10.5. The van der Waals surface area contributed by atoms with E-state index in [4.69, 9.17) is 10.5 Å². The number of esters is 1. The van der Waals surface area contributed by atoms with Gasteiger partial charge in [0.15, 0.2) is 0 Å². The van der Waals surface area contributed by atoms with Crippen molar-refractivity contribution >= 4 is 22.5 Å². The standard InChI is InChI=1S/C12H11FN2O2S/c1-7-10(11(14)18-15-7)12(16)17-6-8-2-4-9(13)5-3-8/h2-5H,6,14H2,1H3. The molecule has 0 aliphatic rings. The maximum Gasteiger partial charge on any atom is 0.343 e. The van der Waals surface area contributed by atoms with Gasteiger partial charge in [-0.05, 0) is 36.2 Å². The number of nitrogen functional groups attached to an aromatic ring is 1. The lowest BCUT2D eigenvalue weighted by Gasteiger charge is -2.04. The van der Waals surface area contributed by atoms with Gasteiger partial charge < -0.3 is 10.5 Å². The van der Waals surface area contributed by atoms with Crippen LogP contribution in [0.3, 0.4) is 0 Å². The van der Waals surface area contributed by atoms with Gasteiger partial charge in [-0.1, -0.05) is 12.1 Å². The topological polar surface area (TPSA) is 65.2 Å². The quantitative estimate of drug-likeness (QED) is 0.867. The highest BCUT2D eigenvalue weighted by atomic mass is 32.1. The lowest BCUT2D eigenvalue weighted by Crippen LogP contribution is -2.08. The Morgan fingerprint density at radius 1 is 1.44 bits per heavy atom. The van der Waals surface area contributed by atoms with Gasteiger partial charge in [0.2, 0.25) is 0 Å². The largest absolute Gasteiger partial charge is 0.457 e. The summed E-state index contributed by atoms with van der Waals surface area (Å²) in [5.41, 5.74) is 7.21. The van der Waals surface area contributed by atoms with Crippen LogP contribution < -0.4 is 5.73 Å². The summed E-state index contributed by atoms with van der Waals surface area (Å²) in [5, 5.41) is 0.344. The summed E-state index contributed by atoms with van der Waals surface area (Å²) in [6.45, 7) is 1.77. The van der Waals surface area contributed by atoms with Crippen LogP contribution >= 0.6 is 11.5 Å². The van der Waals surface area contributed by atoms with Gasteiger partial charge >= 0.3 is 5.97 Å². The number of hydrogen-bond acceptors (Lipinski definition) is 5. The molecule has 0 amide bonds. The highest BCUT2D eigenvalue weighted by molar-refractivity contribution is 7.10. The molecule has 0 fully saturated rings. The molecule has 1 aromatic heterocycles. The Hall–Kier alpha value is -1.95. The minimum Gasteiger partial charge on any atom is -0.457 e. The molecule has 0 saturated heterocycles. The number of carbonyl (C=O) groups excluding carboxylic acids is 1. The fraction of sp³-hybridized carbons (Fsp3) is 0.167. The Labute approximate surface area is 107 Å². The second-order valence-electron chi connectivity index (χ2n) is 3.71. The number of benzene rings is 1. The molecule has 1 aromatic carbocycles. The molecule has 2 rings (SSSR count). The molecule has 94 valence electrons. The van der Waals surface area contributed by atoms with Crippen LogP contribution in [0.4, 0.5) is 9.39 Å². The van der Waals surface area contributed by atoms with E-state index < -0.39 is 5.97 Å². The average Bonchev–Trinajstić information content (AvgIpc) is 2.68. The zero-order valence-electron chi connectivity index (χ0n) is 9.64. The third-order valence-electron chi connectivity index (χ3n) is 2.38. The van der Waals surface area contributed by atoms with E-state index in [9.17, 15) is 9.18 Å². The van der Waals surface area contributed by atoms with Crippen molar-refractivity contribution in [3.63, 3.8) is 0 Å². The summed E-state index contributed by atoms with van der Waals surface area (Å²) in [6.07, 6.45) is 0. The van der Waals surface area contributed by atoms with E-state index in [1.807, 2.05) is 0 Å². The van der Waals surface area contributed by atoms with Crippen molar-refractivity contribution < 1.29 is 13.9 Å². The summed E-state index contributed by atoms with van der Waals surface area (Å²) in [4.78, 5) is 11.8. The molecule has 0 aliphatic heterocycles. The lowest BCUT2D eigenvalue weighted by molar-refractivity contribution is 0.0473. The van der Waals surface area contributed by atoms with E-state index in [1.165, 1.54) is 12.1 Å². The van der Waals surface area contributed by atoms with Crippen molar-refractivity contribution in [2.75, 3.05) is 5.73 Å². The van der Waals surface area contributed by atoms with Crippen LogP contribution in [0.2, 0.25) is 0 Å². The molecule has 6 heteroatoms. The predicted molar refractivity (Wildman–Crippen MR) is 66.8 cm³/mol. The summed E-state index contributed by atoms with van der Waals surface area (Å²) in [7, 11) is 0. The maximum atomic E-state index is 12.7. The molecular weight excluding hydrogens is 255 g/mol. The minimum absolute atomic E-state index is 0.0772. The van der Waals surface area contributed by atoms with Gasteiger partial charge in [-0.25, -0.2) is 9.18 Å². The van der Waals surface area contributed by atoms with E-state index >= 15 is 0 Å². The van der Waals surface area contributed by atoms with Crippen molar-refractivity contribution in [2.45, 2.75) is 13.5 Å². The number of halogens is 1. The van der Waals surface area contributed by atoms with E-state index in [2.05, 4.69) is 4.37 Å². The summed E-state index contributed by atoms with van der Waals surface area (Å²) >= 11 is 1.06. The van der Waals surface area contributed by atoms with E-state index in [0.29, 0.717) is 21.8 Å². The maximum absolute atomic E-state index is 12.7. The normalized spacial score (nSPS) is 10.3. The number of anilines is 1. The number of ether oxygens (including phenoxy) is 1. The van der Waals surface area contributed by atoms with Crippen molar-refractivity contribution in [2.24, 2.45) is 0 Å². The number of aryl methyl sites for hydroxylation is 1. The monoisotopic (exact) mass is 266 g/mol. The molecule has 2 aromatic rings. The molecule has 0 bridgehead atoms. The lowest BCUT2D eigenvalue weighted by atomic mass is 10.2. The molecule has 0 aliphatic carbocycles. The Balaban J connectivity index is 2.03. The highest BCUT2D eigenvalue weighted by Gasteiger charge is 2.17. The first-order valence-electron chi connectivity index (χ1n) is 5.21. The fourth-order valence-electron chi connectivity index (χ4n) is 1.44. The smallest absolute Gasteiger partial charge is 0.343 e. The fourth-order valence-corrected chi connectivity index (χ4v) is 2.09. The van der Waals surface area contributed by atoms with E-state index in [0.717, 1.165) is 11.5 Å². The predicted octanol–water partition coefficient (Wildman–Crippen LogP) is 2.53. The number of aromatic nitrogens is 1. The number of hydrogen-bond donors (Lipinski definition) is 1. The Bertz CT molecular complexity index is 546. The number of nitrogens with two attached hydrogens (primary N) is 1. The number of rotatable bonds is 3. The van der Waals surface area contributed by atoms with Crippen molar-refractivity contribution in [1.82, 2.24) is 4.37 Å². The first-order valence-corrected chi connectivity index (χ1v) is 5.98. The van der Waals surface area contributed by atoms with Crippen molar-refractivity contribution in [1.29, 1.82) is 0 Å². The van der Waals surface area contributed by atoms with Crippen LogP contribution in [0.25, 0.3) is 0 Å². The van der Waals surface area contributed by atoms with Crippen molar-refractivity contribution in [3.8, 4) is 0 Å². The van der Waals surface area contributed by atoms with Gasteiger partial charge in [-0.3, -0.25) is 0 Å². The van der Waals surface area contributed by atoms with Gasteiger partial charge in [-0.15, -0.1) is 0 Å². The van der Waals surface area contributed by atoms with E-state index in [1.54, 1.807) is 19.1 Å². The minimum atomic E-state index is -0.511. The van der Waals surface area contributed by atoms with Crippen LogP contribution in [-0.4, -0.2) is 10.3 Å². The van der Waals surface area contributed by atoms with Gasteiger partial charge in [0.05, 0.1) is 5.69 Å². The van der Waals surface area contributed by atoms with Crippen LogP contribution in [0, 0.1) is 12.7 Å². The molecule has 0 spiro atoms. The van der Waals surface area contributed by atoms with Gasteiger partial charge in [0.25, 0.3) is 0 Å². The molecular formula is C12H11FN2O2S. The number of carbonyl (C=O) groups is 1. The summed E-state index contributed by atoms with van der Waals surface area (Å²) in [5.74, 6) is -0.838. The van der Waals surface area contributed by atoms with Crippen LogP contribution in [0.5, 0.6) is 0 Å². The second-order valence-corrected chi connectivity index (χ2v) is 4.51. The first-order chi connectivity index (χ1) is 8.58. The van der Waals surface area contributed by atoms with Crippen LogP contribution in [0.15, 0.2) is 24.3 Å². The Kier molecular flexibility index (Phi) is 3.57. The van der Waals surface area contributed by atoms with Gasteiger partial charge in [-0.2, -0.15) is 4.37 Å². The Morgan fingerprint density at radius 2 is 2.11 bits per heavy atom.